The maximum atomic E-state index is 13.7. The molecule has 4 rings (SSSR count). The Bertz CT molecular complexity index is 832. The Hall–Kier alpha value is -2.61. The second-order valence-corrected chi connectivity index (χ2v) is 9.44. The molecule has 1 aromatic carbocycles. The lowest BCUT2D eigenvalue weighted by Crippen LogP contribution is -2.58. The van der Waals surface area contributed by atoms with E-state index in [0.29, 0.717) is 45.8 Å². The largest absolute Gasteiger partial charge is 0.383 e. The summed E-state index contributed by atoms with van der Waals surface area (Å²) in [7, 11) is 1.59. The standard InChI is InChI=1S/C25H36N4O4/c1-33-17-14-26-22(30)18-28-19-29(21-10-6-3-7-11-21)25(24(28)32)12-15-27(16-13-25)23(31)20-8-4-2-5-9-20/h3,6-7,10-11,20H,2,4-5,8-9,12-19H2,1H3,(H,26,30). The van der Waals surface area contributed by atoms with Crippen molar-refractivity contribution in [1.82, 2.24) is 15.1 Å². The van der Waals surface area contributed by atoms with Crippen molar-refractivity contribution in [2.75, 3.05) is 51.5 Å². The Morgan fingerprint density at radius 1 is 1.09 bits per heavy atom. The van der Waals surface area contributed by atoms with Crippen LogP contribution in [0.15, 0.2) is 30.3 Å². The molecule has 33 heavy (non-hydrogen) atoms. The number of nitrogens with one attached hydrogen (secondary N) is 1. The van der Waals surface area contributed by atoms with Crippen molar-refractivity contribution in [3.63, 3.8) is 0 Å². The van der Waals surface area contributed by atoms with Crippen molar-refractivity contribution >= 4 is 23.4 Å². The lowest BCUT2D eigenvalue weighted by molar-refractivity contribution is -0.142. The van der Waals surface area contributed by atoms with Gasteiger partial charge in [-0.1, -0.05) is 37.5 Å². The van der Waals surface area contributed by atoms with Crippen LogP contribution in [0, 0.1) is 5.92 Å². The minimum atomic E-state index is -0.711. The molecular formula is C25H36N4O4. The van der Waals surface area contributed by atoms with Crippen LogP contribution in [0.1, 0.15) is 44.9 Å². The smallest absolute Gasteiger partial charge is 0.250 e. The van der Waals surface area contributed by atoms with Crippen molar-refractivity contribution < 1.29 is 19.1 Å². The molecular weight excluding hydrogens is 420 g/mol. The van der Waals surface area contributed by atoms with Crippen LogP contribution < -0.4 is 10.2 Å². The number of piperidine rings is 1. The summed E-state index contributed by atoms with van der Waals surface area (Å²) in [5, 5.41) is 2.81. The van der Waals surface area contributed by atoms with Crippen LogP contribution in [0.3, 0.4) is 0 Å². The Labute approximate surface area is 196 Å². The van der Waals surface area contributed by atoms with Crippen LogP contribution >= 0.6 is 0 Å². The second-order valence-electron chi connectivity index (χ2n) is 9.44. The lowest BCUT2D eigenvalue weighted by Gasteiger charge is -2.44. The number of anilines is 1. The van der Waals surface area contributed by atoms with Crippen molar-refractivity contribution in [2.45, 2.75) is 50.5 Å². The molecule has 3 amide bonds. The Kier molecular flexibility index (Phi) is 7.53. The first-order chi connectivity index (χ1) is 16.0. The van der Waals surface area contributed by atoms with Gasteiger partial charge in [-0.25, -0.2) is 0 Å². The van der Waals surface area contributed by atoms with E-state index in [9.17, 15) is 14.4 Å². The molecule has 1 aliphatic carbocycles. The fraction of sp³-hybridized carbons (Fsp3) is 0.640. The van der Waals surface area contributed by atoms with Crippen LogP contribution in [0.2, 0.25) is 0 Å². The predicted molar refractivity (Wildman–Crippen MR) is 126 cm³/mol. The summed E-state index contributed by atoms with van der Waals surface area (Å²) in [4.78, 5) is 44.9. The molecule has 0 bridgehead atoms. The minimum Gasteiger partial charge on any atom is -0.383 e. The van der Waals surface area contributed by atoms with Crippen LogP contribution in [-0.2, 0) is 19.1 Å². The molecule has 3 fully saturated rings. The maximum absolute atomic E-state index is 13.7. The topological polar surface area (TPSA) is 82.2 Å². The molecule has 1 spiro atoms. The van der Waals surface area contributed by atoms with E-state index in [0.717, 1.165) is 31.4 Å². The number of nitrogens with zero attached hydrogens (tertiary/aromatic N) is 3. The highest BCUT2D eigenvalue weighted by Gasteiger charge is 2.54. The summed E-state index contributed by atoms with van der Waals surface area (Å²) in [5.41, 5.74) is 0.262. The molecule has 1 N–H and O–H groups in total. The van der Waals surface area contributed by atoms with E-state index in [1.165, 1.54) is 6.42 Å². The molecule has 0 radical (unpaired) electrons. The molecule has 0 aromatic heterocycles. The molecule has 1 aromatic rings. The second kappa shape index (κ2) is 10.5. The number of rotatable bonds is 7. The number of ether oxygens (including phenoxy) is 1. The number of amides is 3. The SMILES string of the molecule is COCCNC(=O)CN1CN(c2ccccc2)C2(CCN(C(=O)C3CCCCC3)CC2)C1=O. The van der Waals surface area contributed by atoms with Crippen LogP contribution in [0.25, 0.3) is 0 Å². The van der Waals surface area contributed by atoms with Crippen molar-refractivity contribution in [3.8, 4) is 0 Å². The van der Waals surface area contributed by atoms with Gasteiger partial charge in [0.2, 0.25) is 11.8 Å². The summed E-state index contributed by atoms with van der Waals surface area (Å²) >= 11 is 0. The van der Waals surface area contributed by atoms with E-state index in [2.05, 4.69) is 10.2 Å². The van der Waals surface area contributed by atoms with Gasteiger partial charge in [0, 0.05) is 38.3 Å². The highest BCUT2D eigenvalue weighted by Crippen LogP contribution is 2.40. The van der Waals surface area contributed by atoms with Gasteiger partial charge >= 0.3 is 0 Å². The Morgan fingerprint density at radius 2 is 1.79 bits per heavy atom. The van der Waals surface area contributed by atoms with Gasteiger partial charge in [-0.3, -0.25) is 14.4 Å². The van der Waals surface area contributed by atoms with Crippen molar-refractivity contribution in [2.24, 2.45) is 5.92 Å². The quantitative estimate of drug-likeness (QED) is 0.635. The van der Waals surface area contributed by atoms with Crippen LogP contribution in [0.5, 0.6) is 0 Å². The van der Waals surface area contributed by atoms with Crippen LogP contribution in [0.4, 0.5) is 5.69 Å². The zero-order valence-electron chi connectivity index (χ0n) is 19.6. The van der Waals surface area contributed by atoms with E-state index >= 15 is 0 Å². The Balaban J connectivity index is 1.47. The van der Waals surface area contributed by atoms with E-state index in [1.54, 1.807) is 12.0 Å². The molecule has 2 heterocycles. The summed E-state index contributed by atoms with van der Waals surface area (Å²) < 4.78 is 4.99. The van der Waals surface area contributed by atoms with E-state index in [1.807, 2.05) is 35.2 Å². The van der Waals surface area contributed by atoms with Gasteiger partial charge < -0.3 is 24.8 Å². The molecule has 0 unspecified atom stereocenters. The molecule has 2 saturated heterocycles. The first-order valence-electron chi connectivity index (χ1n) is 12.2. The lowest BCUT2D eigenvalue weighted by atomic mass is 9.83. The van der Waals surface area contributed by atoms with Gasteiger partial charge in [-0.05, 0) is 37.8 Å². The highest BCUT2D eigenvalue weighted by molar-refractivity contribution is 5.96. The third-order valence-corrected chi connectivity index (χ3v) is 7.40. The normalized spacial score (nSPS) is 21.0. The van der Waals surface area contributed by atoms with Gasteiger partial charge in [0.15, 0.2) is 0 Å². The van der Waals surface area contributed by atoms with Gasteiger partial charge in [0.1, 0.15) is 12.1 Å². The number of benzene rings is 1. The number of methoxy groups -OCH3 is 1. The summed E-state index contributed by atoms with van der Waals surface area (Å²) in [5.74, 6) is 0.202. The summed E-state index contributed by atoms with van der Waals surface area (Å²) in [6, 6.07) is 9.92. The van der Waals surface area contributed by atoms with Crippen LogP contribution in [-0.4, -0.2) is 79.6 Å². The highest BCUT2D eigenvalue weighted by atomic mass is 16.5. The fourth-order valence-electron chi connectivity index (χ4n) is 5.55. The molecule has 8 heteroatoms. The van der Waals surface area contributed by atoms with Crippen molar-refractivity contribution in [1.29, 1.82) is 0 Å². The molecule has 0 atom stereocenters. The number of hydrogen-bond donors (Lipinski definition) is 1. The van der Waals surface area contributed by atoms with Gasteiger partial charge in [-0.15, -0.1) is 0 Å². The monoisotopic (exact) mass is 456 g/mol. The van der Waals surface area contributed by atoms with E-state index < -0.39 is 5.54 Å². The third-order valence-electron chi connectivity index (χ3n) is 7.40. The Morgan fingerprint density at radius 3 is 2.45 bits per heavy atom. The zero-order valence-corrected chi connectivity index (χ0v) is 19.6. The minimum absolute atomic E-state index is 0.0157. The summed E-state index contributed by atoms with van der Waals surface area (Å²) in [6.45, 7) is 2.42. The van der Waals surface area contributed by atoms with Gasteiger partial charge in [0.25, 0.3) is 5.91 Å². The first kappa shape index (κ1) is 23.5. The third kappa shape index (κ3) is 5.00. The maximum Gasteiger partial charge on any atom is 0.250 e. The zero-order chi connectivity index (χ0) is 23.3. The average molecular weight is 457 g/mol. The van der Waals surface area contributed by atoms with E-state index in [4.69, 9.17) is 4.74 Å². The number of likely N-dealkylation sites (tertiary alicyclic amines) is 1. The number of hydrogen-bond acceptors (Lipinski definition) is 5. The molecule has 3 aliphatic rings. The van der Waals surface area contributed by atoms with Crippen molar-refractivity contribution in [3.05, 3.63) is 30.3 Å². The molecule has 2 aliphatic heterocycles. The first-order valence-corrected chi connectivity index (χ1v) is 12.2. The van der Waals surface area contributed by atoms with E-state index in [-0.39, 0.29) is 30.2 Å². The number of carbonyl (C=O) groups excluding carboxylic acids is 3. The predicted octanol–water partition coefficient (Wildman–Crippen LogP) is 2.00. The summed E-state index contributed by atoms with van der Waals surface area (Å²) in [6.07, 6.45) is 6.64. The molecule has 180 valence electrons. The average Bonchev–Trinajstić information content (AvgIpc) is 3.11. The number of carbonyl (C=O) groups is 3. The van der Waals surface area contributed by atoms with Gasteiger partial charge in [-0.2, -0.15) is 0 Å². The fourth-order valence-corrected chi connectivity index (χ4v) is 5.55. The van der Waals surface area contributed by atoms with Gasteiger partial charge in [0.05, 0.1) is 13.3 Å². The number of para-hydroxylation sites is 1. The molecule has 1 saturated carbocycles. The molecule has 8 nitrogen and oxygen atoms in total.